The van der Waals surface area contributed by atoms with Gasteiger partial charge in [-0.25, -0.2) is 14.8 Å². The Balaban J connectivity index is 1.46. The van der Waals surface area contributed by atoms with Crippen LogP contribution < -0.4 is 20.3 Å². The molecule has 0 radical (unpaired) electrons. The molecule has 132 valence electrons. The number of methoxy groups -OCH3 is 1. The molecule has 0 atom stereocenters. The summed E-state index contributed by atoms with van der Waals surface area (Å²) in [6, 6.07) is 7.39. The topological polar surface area (TPSA) is 79.4 Å². The van der Waals surface area contributed by atoms with Crippen molar-refractivity contribution in [3.63, 3.8) is 0 Å². The highest BCUT2D eigenvalue weighted by molar-refractivity contribution is 5.73. The summed E-state index contributed by atoms with van der Waals surface area (Å²) in [7, 11) is 1.57. The van der Waals surface area contributed by atoms with Gasteiger partial charge in [-0.05, 0) is 36.1 Å². The van der Waals surface area contributed by atoms with Crippen molar-refractivity contribution in [2.75, 3.05) is 25.1 Å². The molecule has 0 aromatic carbocycles. The highest BCUT2D eigenvalue weighted by Gasteiger charge is 2.13. The second kappa shape index (κ2) is 8.32. The smallest absolute Gasteiger partial charge is 0.315 e. The Morgan fingerprint density at radius 3 is 2.56 bits per heavy atom. The van der Waals surface area contributed by atoms with Gasteiger partial charge in [0.1, 0.15) is 5.82 Å². The van der Waals surface area contributed by atoms with Crippen molar-refractivity contribution < 1.29 is 9.53 Å². The van der Waals surface area contributed by atoms with Gasteiger partial charge in [0, 0.05) is 44.6 Å². The van der Waals surface area contributed by atoms with E-state index >= 15 is 0 Å². The number of aromatic nitrogens is 2. The SMILES string of the molecule is COc1ccc(CNC(=O)NCc2ccnc(N3CCCC3)c2)cn1. The average Bonchev–Trinajstić information content (AvgIpc) is 3.20. The number of urea groups is 1. The van der Waals surface area contributed by atoms with Gasteiger partial charge in [0.05, 0.1) is 7.11 Å². The standard InChI is InChI=1S/C18H23N5O2/c1-25-17-5-4-15(12-20-17)13-22-18(24)21-11-14-6-7-19-16(10-14)23-8-2-3-9-23/h4-7,10,12H,2-3,8-9,11,13H2,1H3,(H2,21,22,24). The Morgan fingerprint density at radius 2 is 1.88 bits per heavy atom. The van der Waals surface area contributed by atoms with Crippen LogP contribution in [0.5, 0.6) is 5.88 Å². The number of carbonyl (C=O) groups excluding carboxylic acids is 1. The van der Waals surface area contributed by atoms with E-state index in [0.717, 1.165) is 30.0 Å². The second-order valence-corrected chi connectivity index (χ2v) is 5.96. The molecule has 1 aliphatic rings. The Morgan fingerprint density at radius 1 is 1.12 bits per heavy atom. The summed E-state index contributed by atoms with van der Waals surface area (Å²) in [5, 5.41) is 5.69. The van der Waals surface area contributed by atoms with Crippen LogP contribution in [0.4, 0.5) is 10.6 Å². The number of pyridine rings is 2. The molecule has 2 amide bonds. The van der Waals surface area contributed by atoms with Crippen molar-refractivity contribution in [3.8, 4) is 5.88 Å². The molecule has 0 saturated carbocycles. The Kier molecular flexibility index (Phi) is 5.66. The fraction of sp³-hybridized carbons (Fsp3) is 0.389. The largest absolute Gasteiger partial charge is 0.481 e. The van der Waals surface area contributed by atoms with Crippen molar-refractivity contribution in [3.05, 3.63) is 47.8 Å². The molecule has 0 spiro atoms. The van der Waals surface area contributed by atoms with Crippen molar-refractivity contribution in [2.24, 2.45) is 0 Å². The summed E-state index contributed by atoms with van der Waals surface area (Å²) in [4.78, 5) is 22.8. The molecule has 1 aliphatic heterocycles. The van der Waals surface area contributed by atoms with Gasteiger partial charge in [0.15, 0.2) is 0 Å². The molecule has 0 aliphatic carbocycles. The molecular formula is C18H23N5O2. The van der Waals surface area contributed by atoms with Crippen LogP contribution in [-0.2, 0) is 13.1 Å². The molecule has 2 N–H and O–H groups in total. The molecule has 1 saturated heterocycles. The van der Waals surface area contributed by atoms with Crippen LogP contribution in [0.1, 0.15) is 24.0 Å². The first-order valence-corrected chi connectivity index (χ1v) is 8.45. The molecule has 0 unspecified atom stereocenters. The third-order valence-electron chi connectivity index (χ3n) is 4.15. The lowest BCUT2D eigenvalue weighted by Gasteiger charge is -2.17. The van der Waals surface area contributed by atoms with Crippen LogP contribution in [0.15, 0.2) is 36.7 Å². The summed E-state index contributed by atoms with van der Waals surface area (Å²) in [6.07, 6.45) is 5.91. The lowest BCUT2D eigenvalue weighted by molar-refractivity contribution is 0.240. The molecular weight excluding hydrogens is 318 g/mol. The minimum Gasteiger partial charge on any atom is -0.481 e. The number of amides is 2. The molecule has 3 rings (SSSR count). The van der Waals surface area contributed by atoms with E-state index in [2.05, 4.69) is 25.5 Å². The Hall–Kier alpha value is -2.83. The first-order valence-electron chi connectivity index (χ1n) is 8.45. The minimum atomic E-state index is -0.213. The summed E-state index contributed by atoms with van der Waals surface area (Å²) in [6.45, 7) is 2.99. The highest BCUT2D eigenvalue weighted by Crippen LogP contribution is 2.18. The van der Waals surface area contributed by atoms with Crippen molar-refractivity contribution in [2.45, 2.75) is 25.9 Å². The zero-order valence-electron chi connectivity index (χ0n) is 14.4. The number of nitrogens with one attached hydrogen (secondary N) is 2. The monoisotopic (exact) mass is 341 g/mol. The van der Waals surface area contributed by atoms with Gasteiger partial charge in [0.25, 0.3) is 0 Å². The lowest BCUT2D eigenvalue weighted by Crippen LogP contribution is -2.34. The predicted octanol–water partition coefficient (Wildman–Crippen LogP) is 2.08. The first kappa shape index (κ1) is 17.0. The van der Waals surface area contributed by atoms with E-state index in [0.29, 0.717) is 19.0 Å². The van der Waals surface area contributed by atoms with Gasteiger partial charge in [-0.15, -0.1) is 0 Å². The summed E-state index contributed by atoms with van der Waals surface area (Å²) in [5.74, 6) is 1.54. The minimum absolute atomic E-state index is 0.213. The molecule has 2 aromatic rings. The molecule has 1 fully saturated rings. The molecule has 7 nitrogen and oxygen atoms in total. The summed E-state index contributed by atoms with van der Waals surface area (Å²) in [5.41, 5.74) is 1.95. The van der Waals surface area contributed by atoms with Crippen LogP contribution in [0.2, 0.25) is 0 Å². The summed E-state index contributed by atoms with van der Waals surface area (Å²) >= 11 is 0. The van der Waals surface area contributed by atoms with E-state index in [4.69, 9.17) is 4.74 Å². The Labute approximate surface area is 147 Å². The number of hydrogen-bond donors (Lipinski definition) is 2. The van der Waals surface area contributed by atoms with Crippen LogP contribution >= 0.6 is 0 Å². The maximum Gasteiger partial charge on any atom is 0.315 e. The van der Waals surface area contributed by atoms with E-state index in [1.807, 2.05) is 18.2 Å². The average molecular weight is 341 g/mol. The van der Waals surface area contributed by atoms with Gasteiger partial charge in [-0.2, -0.15) is 0 Å². The van der Waals surface area contributed by atoms with Gasteiger partial charge >= 0.3 is 6.03 Å². The number of nitrogens with zero attached hydrogens (tertiary/aromatic N) is 3. The number of hydrogen-bond acceptors (Lipinski definition) is 5. The van der Waals surface area contributed by atoms with E-state index in [-0.39, 0.29) is 6.03 Å². The van der Waals surface area contributed by atoms with Gasteiger partial charge in [-0.3, -0.25) is 0 Å². The van der Waals surface area contributed by atoms with E-state index in [1.165, 1.54) is 12.8 Å². The third kappa shape index (κ3) is 4.82. The zero-order valence-corrected chi connectivity index (χ0v) is 14.4. The zero-order chi connectivity index (χ0) is 17.5. The third-order valence-corrected chi connectivity index (χ3v) is 4.15. The van der Waals surface area contributed by atoms with Gasteiger partial charge in [-0.1, -0.05) is 6.07 Å². The molecule has 2 aromatic heterocycles. The fourth-order valence-corrected chi connectivity index (χ4v) is 2.75. The van der Waals surface area contributed by atoms with E-state index in [1.54, 1.807) is 25.6 Å². The predicted molar refractivity (Wildman–Crippen MR) is 95.5 cm³/mol. The van der Waals surface area contributed by atoms with Crippen LogP contribution in [0.25, 0.3) is 0 Å². The van der Waals surface area contributed by atoms with Crippen molar-refractivity contribution >= 4 is 11.8 Å². The lowest BCUT2D eigenvalue weighted by atomic mass is 10.2. The van der Waals surface area contributed by atoms with E-state index < -0.39 is 0 Å². The van der Waals surface area contributed by atoms with Gasteiger partial charge in [0.2, 0.25) is 5.88 Å². The van der Waals surface area contributed by atoms with Crippen molar-refractivity contribution in [1.82, 2.24) is 20.6 Å². The Bertz CT molecular complexity index is 699. The maximum atomic E-state index is 12.0. The quantitative estimate of drug-likeness (QED) is 0.841. The first-order chi connectivity index (χ1) is 12.2. The molecule has 3 heterocycles. The highest BCUT2D eigenvalue weighted by atomic mass is 16.5. The fourth-order valence-electron chi connectivity index (χ4n) is 2.75. The van der Waals surface area contributed by atoms with Crippen LogP contribution in [0, 0.1) is 0 Å². The molecule has 0 bridgehead atoms. The maximum absolute atomic E-state index is 12.0. The normalized spacial score (nSPS) is 13.6. The van der Waals surface area contributed by atoms with Gasteiger partial charge < -0.3 is 20.3 Å². The van der Waals surface area contributed by atoms with Crippen molar-refractivity contribution in [1.29, 1.82) is 0 Å². The molecule has 7 heteroatoms. The van der Waals surface area contributed by atoms with Crippen LogP contribution in [0.3, 0.4) is 0 Å². The van der Waals surface area contributed by atoms with E-state index in [9.17, 15) is 4.79 Å². The van der Waals surface area contributed by atoms with Crippen LogP contribution in [-0.4, -0.2) is 36.2 Å². The number of ether oxygens (including phenoxy) is 1. The summed E-state index contributed by atoms with van der Waals surface area (Å²) < 4.78 is 5.01. The molecule has 25 heavy (non-hydrogen) atoms. The number of rotatable bonds is 6. The number of carbonyl (C=O) groups is 1. The second-order valence-electron chi connectivity index (χ2n) is 5.96. The number of anilines is 1.